The van der Waals surface area contributed by atoms with Gasteiger partial charge in [0.2, 0.25) is 0 Å². The predicted molar refractivity (Wildman–Crippen MR) is 93.8 cm³/mol. The lowest BCUT2D eigenvalue weighted by Gasteiger charge is -2.31. The number of nitrogens with zero attached hydrogens (tertiary/aromatic N) is 2. The molecular formula is C18H27N3O3. The maximum atomic E-state index is 11.0. The van der Waals surface area contributed by atoms with Crippen LogP contribution in [0.5, 0.6) is 5.75 Å². The standard InChI is InChI=1S/C18H27N3O3/c1-20-8-6-15(7-9-20)19-16-3-2-14(12-17(16)22)13-4-10-21(11-5-13)18(23)24/h2-3,12-13,15,19,22H,4-11H2,1H3,(H,23,24). The van der Waals surface area contributed by atoms with Gasteiger partial charge in [-0.05, 0) is 69.4 Å². The minimum atomic E-state index is -0.839. The van der Waals surface area contributed by atoms with Gasteiger partial charge < -0.3 is 25.3 Å². The Kier molecular flexibility index (Phi) is 5.14. The fourth-order valence-electron chi connectivity index (χ4n) is 3.70. The van der Waals surface area contributed by atoms with Crippen molar-refractivity contribution in [2.75, 3.05) is 38.5 Å². The summed E-state index contributed by atoms with van der Waals surface area (Å²) >= 11 is 0. The van der Waals surface area contributed by atoms with E-state index in [1.807, 2.05) is 12.1 Å². The van der Waals surface area contributed by atoms with Crippen LogP contribution in [0.25, 0.3) is 0 Å². The van der Waals surface area contributed by atoms with E-state index >= 15 is 0 Å². The summed E-state index contributed by atoms with van der Waals surface area (Å²) in [6.45, 7) is 3.30. The zero-order chi connectivity index (χ0) is 17.1. The van der Waals surface area contributed by atoms with Crippen LogP contribution in [0, 0.1) is 0 Å². The lowest BCUT2D eigenvalue weighted by atomic mass is 9.89. The molecule has 2 fully saturated rings. The molecule has 6 heteroatoms. The van der Waals surface area contributed by atoms with E-state index in [1.165, 1.54) is 4.90 Å². The number of piperidine rings is 2. The molecule has 2 aliphatic rings. The summed E-state index contributed by atoms with van der Waals surface area (Å²) in [5.41, 5.74) is 1.91. The summed E-state index contributed by atoms with van der Waals surface area (Å²) in [5, 5.41) is 22.8. The van der Waals surface area contributed by atoms with Gasteiger partial charge in [0.25, 0.3) is 0 Å². The molecule has 0 unspecified atom stereocenters. The summed E-state index contributed by atoms with van der Waals surface area (Å²) in [4.78, 5) is 14.8. The highest BCUT2D eigenvalue weighted by molar-refractivity contribution is 5.65. The van der Waals surface area contributed by atoms with Gasteiger partial charge in [-0.25, -0.2) is 4.79 Å². The highest BCUT2D eigenvalue weighted by Gasteiger charge is 2.24. The van der Waals surface area contributed by atoms with Gasteiger partial charge in [0.05, 0.1) is 5.69 Å². The van der Waals surface area contributed by atoms with Gasteiger partial charge in [0, 0.05) is 19.1 Å². The number of rotatable bonds is 3. The Bertz CT molecular complexity index is 577. The zero-order valence-electron chi connectivity index (χ0n) is 14.2. The molecule has 1 aromatic carbocycles. The Hall–Kier alpha value is -1.95. The van der Waals surface area contributed by atoms with Crippen molar-refractivity contribution in [3.05, 3.63) is 23.8 Å². The minimum Gasteiger partial charge on any atom is -0.506 e. The van der Waals surface area contributed by atoms with E-state index in [0.29, 0.717) is 30.8 Å². The summed E-state index contributed by atoms with van der Waals surface area (Å²) in [5.74, 6) is 0.621. The minimum absolute atomic E-state index is 0.298. The maximum absolute atomic E-state index is 11.0. The quantitative estimate of drug-likeness (QED) is 0.742. The third-order valence-corrected chi connectivity index (χ3v) is 5.34. The molecule has 0 spiro atoms. The molecule has 0 aliphatic carbocycles. The van der Waals surface area contributed by atoms with Crippen LogP contribution in [0.1, 0.15) is 37.2 Å². The molecule has 2 saturated heterocycles. The van der Waals surface area contributed by atoms with E-state index in [0.717, 1.165) is 50.0 Å². The molecule has 0 atom stereocenters. The smallest absolute Gasteiger partial charge is 0.407 e. The summed E-state index contributed by atoms with van der Waals surface area (Å²) in [6.07, 6.45) is 2.96. The van der Waals surface area contributed by atoms with Crippen LogP contribution < -0.4 is 5.32 Å². The van der Waals surface area contributed by atoms with Gasteiger partial charge in [-0.2, -0.15) is 0 Å². The monoisotopic (exact) mass is 333 g/mol. The third kappa shape index (κ3) is 3.93. The normalized spacial score (nSPS) is 21.0. The van der Waals surface area contributed by atoms with Gasteiger partial charge in [-0.1, -0.05) is 6.07 Å². The summed E-state index contributed by atoms with van der Waals surface area (Å²) in [7, 11) is 2.14. The largest absolute Gasteiger partial charge is 0.506 e. The van der Waals surface area contributed by atoms with Crippen LogP contribution in [0.2, 0.25) is 0 Å². The zero-order valence-corrected chi connectivity index (χ0v) is 14.2. The van der Waals surface area contributed by atoms with Crippen molar-refractivity contribution in [1.29, 1.82) is 0 Å². The van der Waals surface area contributed by atoms with E-state index in [9.17, 15) is 9.90 Å². The molecule has 2 heterocycles. The first kappa shape index (κ1) is 16.9. The number of carbonyl (C=O) groups is 1. The van der Waals surface area contributed by atoms with Crippen molar-refractivity contribution >= 4 is 11.8 Å². The molecule has 0 bridgehead atoms. The van der Waals surface area contributed by atoms with Crippen LogP contribution in [0.15, 0.2) is 18.2 Å². The third-order valence-electron chi connectivity index (χ3n) is 5.34. The number of anilines is 1. The SMILES string of the molecule is CN1CCC(Nc2ccc(C3CCN(C(=O)O)CC3)cc2O)CC1. The highest BCUT2D eigenvalue weighted by Crippen LogP contribution is 2.34. The van der Waals surface area contributed by atoms with Gasteiger partial charge in [0.1, 0.15) is 5.75 Å². The average molecular weight is 333 g/mol. The van der Waals surface area contributed by atoms with Crippen LogP contribution in [-0.2, 0) is 0 Å². The van der Waals surface area contributed by atoms with Gasteiger partial charge in [0.15, 0.2) is 0 Å². The second kappa shape index (κ2) is 7.30. The number of hydrogen-bond donors (Lipinski definition) is 3. The Morgan fingerprint density at radius 1 is 1.12 bits per heavy atom. The van der Waals surface area contributed by atoms with E-state index in [1.54, 1.807) is 0 Å². The molecule has 0 saturated carbocycles. The van der Waals surface area contributed by atoms with Crippen molar-refractivity contribution in [3.8, 4) is 5.75 Å². The Morgan fingerprint density at radius 3 is 2.38 bits per heavy atom. The van der Waals surface area contributed by atoms with Gasteiger partial charge >= 0.3 is 6.09 Å². The van der Waals surface area contributed by atoms with Crippen molar-refractivity contribution in [2.24, 2.45) is 0 Å². The second-order valence-corrected chi connectivity index (χ2v) is 7.04. The Morgan fingerprint density at radius 2 is 1.79 bits per heavy atom. The first-order valence-corrected chi connectivity index (χ1v) is 8.79. The topological polar surface area (TPSA) is 76.0 Å². The Balaban J connectivity index is 1.59. The molecular weight excluding hydrogens is 306 g/mol. The molecule has 6 nitrogen and oxygen atoms in total. The maximum Gasteiger partial charge on any atom is 0.407 e. The van der Waals surface area contributed by atoms with Crippen molar-refractivity contribution in [3.63, 3.8) is 0 Å². The van der Waals surface area contributed by atoms with Crippen molar-refractivity contribution in [1.82, 2.24) is 9.80 Å². The van der Waals surface area contributed by atoms with E-state index in [-0.39, 0.29) is 0 Å². The molecule has 1 amide bonds. The fraction of sp³-hybridized carbons (Fsp3) is 0.611. The van der Waals surface area contributed by atoms with Crippen LogP contribution in [-0.4, -0.2) is 65.4 Å². The number of likely N-dealkylation sites (tertiary alicyclic amines) is 2. The van der Waals surface area contributed by atoms with E-state index < -0.39 is 6.09 Å². The number of aromatic hydroxyl groups is 1. The van der Waals surface area contributed by atoms with Crippen molar-refractivity contribution < 1.29 is 15.0 Å². The molecule has 3 N–H and O–H groups in total. The lowest BCUT2D eigenvalue weighted by Crippen LogP contribution is -2.37. The molecule has 1 aromatic rings. The van der Waals surface area contributed by atoms with E-state index in [4.69, 9.17) is 5.11 Å². The van der Waals surface area contributed by atoms with Gasteiger partial charge in [-0.15, -0.1) is 0 Å². The highest BCUT2D eigenvalue weighted by atomic mass is 16.4. The number of hydrogen-bond acceptors (Lipinski definition) is 4. The molecule has 132 valence electrons. The molecule has 0 aromatic heterocycles. The predicted octanol–water partition coefficient (Wildman–Crippen LogP) is 2.76. The molecule has 3 rings (SSSR count). The first-order valence-electron chi connectivity index (χ1n) is 8.79. The molecule has 0 radical (unpaired) electrons. The van der Waals surface area contributed by atoms with Crippen molar-refractivity contribution in [2.45, 2.75) is 37.6 Å². The van der Waals surface area contributed by atoms with Crippen LogP contribution >= 0.6 is 0 Å². The molecule has 24 heavy (non-hydrogen) atoms. The first-order chi connectivity index (χ1) is 11.5. The number of benzene rings is 1. The number of phenols is 1. The van der Waals surface area contributed by atoms with Crippen LogP contribution in [0.4, 0.5) is 10.5 Å². The Labute approximate surface area is 143 Å². The lowest BCUT2D eigenvalue weighted by molar-refractivity contribution is 0.132. The average Bonchev–Trinajstić information content (AvgIpc) is 2.58. The number of carboxylic acid groups (broad SMARTS) is 1. The summed E-state index contributed by atoms with van der Waals surface area (Å²) < 4.78 is 0. The molecule has 2 aliphatic heterocycles. The second-order valence-electron chi connectivity index (χ2n) is 7.04. The van der Waals surface area contributed by atoms with Crippen LogP contribution in [0.3, 0.4) is 0 Å². The van der Waals surface area contributed by atoms with Gasteiger partial charge in [-0.3, -0.25) is 0 Å². The fourth-order valence-corrected chi connectivity index (χ4v) is 3.70. The summed E-state index contributed by atoms with van der Waals surface area (Å²) in [6, 6.07) is 6.29. The number of nitrogens with one attached hydrogen (secondary N) is 1. The number of amides is 1. The number of phenolic OH excluding ortho intramolecular Hbond substituents is 1. The van der Waals surface area contributed by atoms with E-state index in [2.05, 4.69) is 23.3 Å².